The van der Waals surface area contributed by atoms with E-state index in [9.17, 15) is 17.4 Å². The molecule has 0 N–H and O–H groups in total. The van der Waals surface area contributed by atoms with Gasteiger partial charge in [0.05, 0.1) is 5.75 Å². The first kappa shape index (κ1) is 23.2. The Morgan fingerprint density at radius 3 is 1.91 bits per heavy atom. The van der Waals surface area contributed by atoms with Crippen LogP contribution in [0.4, 0.5) is 13.2 Å². The summed E-state index contributed by atoms with van der Waals surface area (Å²) < 4.78 is 50.9. The molecule has 0 fully saturated rings. The maximum atomic E-state index is 11.8. The molecule has 23 heavy (non-hydrogen) atoms. The second kappa shape index (κ2) is 15.8. The largest absolute Gasteiger partial charge is 0.413 e. The van der Waals surface area contributed by atoms with Crippen LogP contribution in [-0.2, 0) is 15.3 Å². The molecule has 0 amide bonds. The minimum atomic E-state index is -4.40. The minimum absolute atomic E-state index is 0.165. The van der Waals surface area contributed by atoms with E-state index in [2.05, 4.69) is 11.1 Å². The first-order valence-corrected chi connectivity index (χ1v) is 11.0. The van der Waals surface area contributed by atoms with Crippen molar-refractivity contribution in [1.82, 2.24) is 0 Å². The molecule has 2 nitrogen and oxygen atoms in total. The van der Waals surface area contributed by atoms with E-state index in [1.54, 1.807) is 11.8 Å². The van der Waals surface area contributed by atoms with Gasteiger partial charge in [-0.05, 0) is 12.2 Å². The van der Waals surface area contributed by atoms with E-state index < -0.39 is 23.9 Å². The molecule has 0 spiro atoms. The van der Waals surface area contributed by atoms with Gasteiger partial charge in [-0.3, -0.25) is 4.18 Å². The maximum Gasteiger partial charge on any atom is 0.413 e. The highest BCUT2D eigenvalue weighted by atomic mass is 32.2. The predicted octanol–water partition coefficient (Wildman–Crippen LogP) is 5.88. The molecule has 0 bridgehead atoms. The van der Waals surface area contributed by atoms with Gasteiger partial charge in [0.2, 0.25) is 0 Å². The SMILES string of the molecule is CCCCCCCCCCCCSCCS(=O)OCC(F)(F)F. The molecule has 0 saturated carbocycles. The number of unbranched alkanes of at least 4 members (excludes halogenated alkanes) is 9. The molecular weight excluding hydrogens is 345 g/mol. The fourth-order valence-corrected chi connectivity index (χ4v) is 4.12. The molecule has 1 atom stereocenters. The lowest BCUT2D eigenvalue weighted by Crippen LogP contribution is -2.19. The zero-order chi connectivity index (χ0) is 17.4. The molecule has 0 aromatic rings. The maximum absolute atomic E-state index is 11.8. The first-order valence-electron chi connectivity index (χ1n) is 8.62. The predicted molar refractivity (Wildman–Crippen MR) is 94.2 cm³/mol. The molecule has 1 unspecified atom stereocenters. The van der Waals surface area contributed by atoms with E-state index in [1.807, 2.05) is 0 Å². The highest BCUT2D eigenvalue weighted by Crippen LogP contribution is 2.16. The van der Waals surface area contributed by atoms with Crippen molar-refractivity contribution in [3.63, 3.8) is 0 Å². The van der Waals surface area contributed by atoms with Gasteiger partial charge in [-0.2, -0.15) is 24.9 Å². The Bertz CT molecular complexity index is 287. The Morgan fingerprint density at radius 2 is 1.39 bits per heavy atom. The van der Waals surface area contributed by atoms with Crippen LogP contribution in [0.2, 0.25) is 0 Å². The molecule has 0 saturated heterocycles. The summed E-state index contributed by atoms with van der Waals surface area (Å²) in [6.45, 7) is 0.800. The zero-order valence-electron chi connectivity index (χ0n) is 14.2. The van der Waals surface area contributed by atoms with E-state index >= 15 is 0 Å². The number of rotatable bonds is 16. The third kappa shape index (κ3) is 20.2. The van der Waals surface area contributed by atoms with Crippen molar-refractivity contribution in [2.45, 2.75) is 77.3 Å². The monoisotopic (exact) mass is 376 g/mol. The van der Waals surface area contributed by atoms with Crippen molar-refractivity contribution < 1.29 is 21.6 Å². The lowest BCUT2D eigenvalue weighted by Gasteiger charge is -2.06. The van der Waals surface area contributed by atoms with Crippen molar-refractivity contribution in [2.24, 2.45) is 0 Å². The van der Waals surface area contributed by atoms with Crippen molar-refractivity contribution >= 4 is 22.8 Å². The number of hydrogen-bond acceptors (Lipinski definition) is 3. The van der Waals surface area contributed by atoms with Crippen molar-refractivity contribution in [3.05, 3.63) is 0 Å². The van der Waals surface area contributed by atoms with E-state index in [1.165, 1.54) is 57.8 Å². The molecule has 0 aliphatic heterocycles. The van der Waals surface area contributed by atoms with Crippen molar-refractivity contribution in [2.75, 3.05) is 23.9 Å². The summed E-state index contributed by atoms with van der Waals surface area (Å²) in [5.41, 5.74) is 0. The molecule has 140 valence electrons. The second-order valence-electron chi connectivity index (χ2n) is 5.68. The molecule has 7 heteroatoms. The van der Waals surface area contributed by atoms with Crippen LogP contribution in [0.1, 0.15) is 71.1 Å². The van der Waals surface area contributed by atoms with Gasteiger partial charge in [0.15, 0.2) is 17.7 Å². The fraction of sp³-hybridized carbons (Fsp3) is 1.00. The Labute approximate surface area is 146 Å². The molecule has 0 heterocycles. The average molecular weight is 377 g/mol. The van der Waals surface area contributed by atoms with Gasteiger partial charge in [0, 0.05) is 5.75 Å². The molecule has 0 rings (SSSR count). The van der Waals surface area contributed by atoms with Gasteiger partial charge in [-0.1, -0.05) is 64.7 Å². The Morgan fingerprint density at radius 1 is 0.870 bits per heavy atom. The summed E-state index contributed by atoms with van der Waals surface area (Å²) in [5, 5.41) is 0. The van der Waals surface area contributed by atoms with Gasteiger partial charge in [-0.15, -0.1) is 0 Å². The smallest absolute Gasteiger partial charge is 0.281 e. The fourth-order valence-electron chi connectivity index (χ4n) is 2.11. The minimum Gasteiger partial charge on any atom is -0.281 e. The van der Waals surface area contributed by atoms with Gasteiger partial charge in [0.25, 0.3) is 0 Å². The first-order chi connectivity index (χ1) is 11.0. The van der Waals surface area contributed by atoms with Crippen LogP contribution in [0.5, 0.6) is 0 Å². The molecule has 0 aromatic heterocycles. The highest BCUT2D eigenvalue weighted by Gasteiger charge is 2.28. The summed E-state index contributed by atoms with van der Waals surface area (Å²) in [5.74, 6) is 1.73. The zero-order valence-corrected chi connectivity index (χ0v) is 15.8. The quantitative estimate of drug-likeness (QED) is 0.315. The summed E-state index contributed by atoms with van der Waals surface area (Å²) >= 11 is -0.185. The summed E-state index contributed by atoms with van der Waals surface area (Å²) in [6.07, 6.45) is 8.51. The van der Waals surface area contributed by atoms with Crippen LogP contribution in [0.15, 0.2) is 0 Å². The molecule has 0 aliphatic rings. The lowest BCUT2D eigenvalue weighted by atomic mass is 10.1. The molecular formula is C16H31F3O2S2. The third-order valence-electron chi connectivity index (χ3n) is 3.39. The standard InChI is InChI=1S/C16H31F3O2S2/c1-2-3-4-5-6-7-8-9-10-11-12-22-13-14-23(20)21-15-16(17,18)19/h2-15H2,1H3. The molecule has 0 radical (unpaired) electrons. The highest BCUT2D eigenvalue weighted by molar-refractivity contribution is 7.99. The molecule has 0 aliphatic carbocycles. The van der Waals surface area contributed by atoms with E-state index in [-0.39, 0.29) is 5.75 Å². The van der Waals surface area contributed by atoms with Gasteiger partial charge < -0.3 is 0 Å². The van der Waals surface area contributed by atoms with Crippen LogP contribution in [0, 0.1) is 0 Å². The Hall–Kier alpha value is 0.250. The van der Waals surface area contributed by atoms with Crippen LogP contribution in [0.25, 0.3) is 0 Å². The number of halogens is 3. The second-order valence-corrected chi connectivity index (χ2v) is 8.16. The summed E-state index contributed by atoms with van der Waals surface area (Å²) in [4.78, 5) is 0. The van der Waals surface area contributed by atoms with Gasteiger partial charge in [0.1, 0.15) is 0 Å². The Kier molecular flexibility index (Phi) is 15.9. The number of thioether (sulfide) groups is 1. The van der Waals surface area contributed by atoms with Crippen LogP contribution >= 0.6 is 11.8 Å². The van der Waals surface area contributed by atoms with E-state index in [4.69, 9.17) is 0 Å². The summed E-state index contributed by atoms with van der Waals surface area (Å²) in [7, 11) is 0. The van der Waals surface area contributed by atoms with Gasteiger partial charge >= 0.3 is 6.18 Å². The van der Waals surface area contributed by atoms with Crippen LogP contribution in [-0.4, -0.2) is 34.3 Å². The Balaban J connectivity index is 3.17. The topological polar surface area (TPSA) is 26.3 Å². The van der Waals surface area contributed by atoms with Crippen molar-refractivity contribution in [1.29, 1.82) is 0 Å². The average Bonchev–Trinajstić information content (AvgIpc) is 2.49. The number of alkyl halides is 3. The van der Waals surface area contributed by atoms with Crippen LogP contribution in [0.3, 0.4) is 0 Å². The number of hydrogen-bond donors (Lipinski definition) is 0. The van der Waals surface area contributed by atoms with Crippen molar-refractivity contribution in [3.8, 4) is 0 Å². The van der Waals surface area contributed by atoms with Gasteiger partial charge in [-0.25, -0.2) is 4.21 Å². The summed E-state index contributed by atoms with van der Waals surface area (Å²) in [6, 6.07) is 0. The third-order valence-corrected chi connectivity index (χ3v) is 5.64. The van der Waals surface area contributed by atoms with E-state index in [0.717, 1.165) is 12.2 Å². The molecule has 0 aromatic carbocycles. The van der Waals surface area contributed by atoms with E-state index in [0.29, 0.717) is 5.75 Å². The van der Waals surface area contributed by atoms with Crippen LogP contribution < -0.4 is 0 Å². The normalized spacial score (nSPS) is 13.4. The lowest BCUT2D eigenvalue weighted by molar-refractivity contribution is -0.151.